The van der Waals surface area contributed by atoms with E-state index in [1.165, 1.54) is 19.1 Å². The molecule has 7 nitrogen and oxygen atoms in total. The second kappa shape index (κ2) is 8.53. The smallest absolute Gasteiger partial charge is 0.241 e. The molecular formula is C24H25FN4O3. The van der Waals surface area contributed by atoms with Crippen molar-refractivity contribution in [1.82, 2.24) is 20.1 Å². The molecule has 0 saturated carbocycles. The number of aromatic nitrogens is 3. The van der Waals surface area contributed by atoms with Crippen LogP contribution in [0.5, 0.6) is 5.75 Å². The van der Waals surface area contributed by atoms with Gasteiger partial charge in [-0.05, 0) is 63.1 Å². The van der Waals surface area contributed by atoms with Crippen molar-refractivity contribution in [2.24, 2.45) is 0 Å². The van der Waals surface area contributed by atoms with Crippen LogP contribution in [0.3, 0.4) is 0 Å². The van der Waals surface area contributed by atoms with Crippen LogP contribution in [0.15, 0.2) is 30.3 Å². The van der Waals surface area contributed by atoms with Crippen LogP contribution < -0.4 is 10.1 Å². The molecule has 1 unspecified atom stereocenters. The minimum Gasteiger partial charge on any atom is -0.487 e. The Hall–Kier alpha value is -3.55. The van der Waals surface area contributed by atoms with Gasteiger partial charge in [0, 0.05) is 23.1 Å². The van der Waals surface area contributed by atoms with Crippen LogP contribution in [0.1, 0.15) is 40.1 Å². The van der Waals surface area contributed by atoms with Crippen LogP contribution in [0.4, 0.5) is 4.39 Å². The number of rotatable bonds is 6. The third-order valence-corrected chi connectivity index (χ3v) is 5.49. The number of aryl methyl sites for hydroxylation is 3. The summed E-state index contributed by atoms with van der Waals surface area (Å²) < 4.78 is 22.4. The van der Waals surface area contributed by atoms with E-state index in [0.29, 0.717) is 47.1 Å². The van der Waals surface area contributed by atoms with E-state index in [0.717, 1.165) is 11.1 Å². The highest BCUT2D eigenvalue weighted by atomic mass is 19.1. The summed E-state index contributed by atoms with van der Waals surface area (Å²) in [5.41, 5.74) is 3.31. The molecule has 3 aromatic rings. The first kappa shape index (κ1) is 21.7. The first-order chi connectivity index (χ1) is 15.2. The minimum absolute atomic E-state index is 0.0831. The molecule has 0 saturated heterocycles. The first-order valence-electron chi connectivity index (χ1n) is 10.5. The van der Waals surface area contributed by atoms with Crippen molar-refractivity contribution in [3.8, 4) is 16.9 Å². The number of nitrogens with zero attached hydrogens (tertiary/aromatic N) is 3. The summed E-state index contributed by atoms with van der Waals surface area (Å²) in [7, 11) is 0. The van der Waals surface area contributed by atoms with Crippen LogP contribution in [0.25, 0.3) is 11.1 Å². The number of halogens is 1. The molecule has 166 valence electrons. The van der Waals surface area contributed by atoms with Crippen LogP contribution in [0, 0.1) is 26.6 Å². The summed E-state index contributed by atoms with van der Waals surface area (Å²) in [5, 5.41) is 7.08. The summed E-state index contributed by atoms with van der Waals surface area (Å²) in [5.74, 6) is 1.16. The van der Waals surface area contributed by atoms with Crippen molar-refractivity contribution in [3.63, 3.8) is 0 Å². The Morgan fingerprint density at radius 2 is 1.97 bits per heavy atom. The van der Waals surface area contributed by atoms with Crippen molar-refractivity contribution >= 4 is 11.7 Å². The molecule has 1 aliphatic heterocycles. The molecule has 0 bridgehead atoms. The standard InChI is InChI=1S/C24H25FN4O3/c1-13-7-18-9-19(11-26-23(31)12-29-16(4)27-15(3)28-29)32-24(18)21(8-13)20-10-17(14(2)30)5-6-22(20)25/h5-8,10,19H,9,11-12H2,1-4H3,(H,26,31). The fourth-order valence-electron chi connectivity index (χ4n) is 3.99. The third kappa shape index (κ3) is 4.39. The lowest BCUT2D eigenvalue weighted by Gasteiger charge is -2.15. The highest BCUT2D eigenvalue weighted by molar-refractivity contribution is 5.95. The van der Waals surface area contributed by atoms with Gasteiger partial charge in [0.05, 0.1) is 6.54 Å². The molecule has 0 radical (unpaired) electrons. The minimum atomic E-state index is -0.415. The monoisotopic (exact) mass is 436 g/mol. The molecular weight excluding hydrogens is 411 g/mol. The maximum Gasteiger partial charge on any atom is 0.241 e. The zero-order chi connectivity index (χ0) is 23.0. The Labute approximate surface area is 185 Å². The molecule has 8 heteroatoms. The van der Waals surface area contributed by atoms with E-state index in [4.69, 9.17) is 4.74 Å². The lowest BCUT2D eigenvalue weighted by molar-refractivity contribution is -0.122. The molecule has 0 spiro atoms. The molecule has 1 N–H and O–H groups in total. The molecule has 1 aromatic heterocycles. The quantitative estimate of drug-likeness (QED) is 0.599. The molecule has 2 heterocycles. The Morgan fingerprint density at radius 3 is 2.66 bits per heavy atom. The van der Waals surface area contributed by atoms with Gasteiger partial charge in [-0.1, -0.05) is 6.07 Å². The Bertz CT molecular complexity index is 1220. The molecule has 1 atom stereocenters. The van der Waals surface area contributed by atoms with E-state index in [1.807, 2.05) is 19.1 Å². The first-order valence-corrected chi connectivity index (χ1v) is 10.5. The number of ether oxygens (including phenoxy) is 1. The number of carbonyl (C=O) groups excluding carboxylic acids is 2. The zero-order valence-corrected chi connectivity index (χ0v) is 18.5. The maximum atomic E-state index is 14.7. The second-order valence-electron chi connectivity index (χ2n) is 8.16. The predicted octanol–water partition coefficient (Wildman–Crippen LogP) is 3.33. The SMILES string of the molecule is CC(=O)c1ccc(F)c(-c2cc(C)cc3c2OC(CNC(=O)Cn2nc(C)nc2C)C3)c1. The lowest BCUT2D eigenvalue weighted by atomic mass is 9.95. The molecule has 1 aliphatic rings. The van der Waals surface area contributed by atoms with E-state index in [2.05, 4.69) is 15.4 Å². The Balaban J connectivity index is 1.50. The van der Waals surface area contributed by atoms with Gasteiger partial charge in [-0.2, -0.15) is 5.10 Å². The summed E-state index contributed by atoms with van der Waals surface area (Å²) in [4.78, 5) is 28.3. The number of Topliss-reactive ketones (excluding diaryl/α,β-unsaturated/α-hetero) is 1. The second-order valence-corrected chi connectivity index (χ2v) is 8.16. The highest BCUT2D eigenvalue weighted by Crippen LogP contribution is 2.41. The van der Waals surface area contributed by atoms with Crippen molar-refractivity contribution < 1.29 is 18.7 Å². The third-order valence-electron chi connectivity index (χ3n) is 5.49. The van der Waals surface area contributed by atoms with Gasteiger partial charge in [-0.15, -0.1) is 0 Å². The van der Waals surface area contributed by atoms with E-state index >= 15 is 0 Å². The zero-order valence-electron chi connectivity index (χ0n) is 18.5. The van der Waals surface area contributed by atoms with E-state index < -0.39 is 5.82 Å². The lowest BCUT2D eigenvalue weighted by Crippen LogP contribution is -2.36. The van der Waals surface area contributed by atoms with Crippen LogP contribution >= 0.6 is 0 Å². The molecule has 1 amide bonds. The van der Waals surface area contributed by atoms with Gasteiger partial charge < -0.3 is 10.1 Å². The topological polar surface area (TPSA) is 86.1 Å². The molecule has 0 aliphatic carbocycles. The summed E-state index contributed by atoms with van der Waals surface area (Å²) >= 11 is 0. The van der Waals surface area contributed by atoms with Gasteiger partial charge in [0.15, 0.2) is 5.78 Å². The Kier molecular flexibility index (Phi) is 5.78. The van der Waals surface area contributed by atoms with E-state index in [9.17, 15) is 14.0 Å². The molecule has 2 aromatic carbocycles. The number of nitrogens with one attached hydrogen (secondary N) is 1. The largest absolute Gasteiger partial charge is 0.487 e. The van der Waals surface area contributed by atoms with Crippen LogP contribution in [0.2, 0.25) is 0 Å². The van der Waals surface area contributed by atoms with Crippen molar-refractivity contribution in [2.45, 2.75) is 46.8 Å². The van der Waals surface area contributed by atoms with Gasteiger partial charge in [-0.3, -0.25) is 9.59 Å². The maximum absolute atomic E-state index is 14.7. The normalized spacial score (nSPS) is 14.7. The Morgan fingerprint density at radius 1 is 1.19 bits per heavy atom. The van der Waals surface area contributed by atoms with Crippen molar-refractivity contribution in [2.75, 3.05) is 6.54 Å². The summed E-state index contributed by atoms with van der Waals surface area (Å²) in [6.07, 6.45) is 0.326. The number of benzene rings is 2. The molecule has 0 fully saturated rings. The van der Waals surface area contributed by atoms with Gasteiger partial charge in [0.2, 0.25) is 5.91 Å². The summed E-state index contributed by atoms with van der Waals surface area (Å²) in [6, 6.07) is 8.22. The molecule has 32 heavy (non-hydrogen) atoms. The van der Waals surface area contributed by atoms with Gasteiger partial charge in [0.1, 0.15) is 35.9 Å². The number of hydrogen-bond donors (Lipinski definition) is 1. The van der Waals surface area contributed by atoms with Crippen molar-refractivity contribution in [1.29, 1.82) is 0 Å². The number of ketones is 1. The average molecular weight is 436 g/mol. The number of carbonyl (C=O) groups is 2. The van der Waals surface area contributed by atoms with E-state index in [-0.39, 0.29) is 24.3 Å². The summed E-state index contributed by atoms with van der Waals surface area (Å²) in [6.45, 7) is 7.37. The number of fused-ring (bicyclic) bond motifs is 1. The number of hydrogen-bond acceptors (Lipinski definition) is 5. The van der Waals surface area contributed by atoms with E-state index in [1.54, 1.807) is 24.6 Å². The fraction of sp³-hybridized carbons (Fsp3) is 0.333. The highest BCUT2D eigenvalue weighted by Gasteiger charge is 2.28. The van der Waals surface area contributed by atoms with Gasteiger partial charge >= 0.3 is 0 Å². The number of amides is 1. The average Bonchev–Trinajstić information content (AvgIpc) is 3.27. The predicted molar refractivity (Wildman–Crippen MR) is 117 cm³/mol. The van der Waals surface area contributed by atoms with Crippen molar-refractivity contribution in [3.05, 3.63) is 64.5 Å². The fourth-order valence-corrected chi connectivity index (χ4v) is 3.99. The van der Waals surface area contributed by atoms with Crippen LogP contribution in [-0.2, 0) is 17.8 Å². The van der Waals surface area contributed by atoms with Gasteiger partial charge in [-0.25, -0.2) is 14.1 Å². The molecule has 4 rings (SSSR count). The van der Waals surface area contributed by atoms with Gasteiger partial charge in [0.25, 0.3) is 0 Å². The van der Waals surface area contributed by atoms with Crippen LogP contribution in [-0.4, -0.2) is 39.1 Å².